The normalized spacial score (nSPS) is 13.1. The van der Waals surface area contributed by atoms with Crippen molar-refractivity contribution in [2.24, 2.45) is 0 Å². The first-order chi connectivity index (χ1) is 33.2. The quantitative estimate of drug-likeness (QED) is 0.0420. The third-order valence-corrected chi connectivity index (χ3v) is 14.0. The van der Waals surface area contributed by atoms with Gasteiger partial charge in [0.1, 0.15) is 0 Å². The Labute approximate surface area is 420 Å². The van der Waals surface area contributed by atoms with Crippen molar-refractivity contribution in [2.75, 3.05) is 6.61 Å². The van der Waals surface area contributed by atoms with Crippen LogP contribution in [0.5, 0.6) is 0 Å². The maximum absolute atomic E-state index is 12.5. The lowest BCUT2D eigenvalue weighted by Gasteiger charge is -2.19. The molecule has 0 saturated carbocycles. The zero-order valence-corrected chi connectivity index (χ0v) is 45.4. The Morgan fingerprint density at radius 2 is 0.582 bits per heavy atom. The van der Waals surface area contributed by atoms with Crippen molar-refractivity contribution in [3.8, 4) is 0 Å². The Bertz CT molecular complexity index is 1060. The molecule has 0 spiro atoms. The van der Waals surface area contributed by atoms with E-state index >= 15 is 0 Å². The van der Waals surface area contributed by atoms with Crippen molar-refractivity contribution in [3.63, 3.8) is 0 Å². The summed E-state index contributed by atoms with van der Waals surface area (Å²) in [4.78, 5) is 12.5. The minimum atomic E-state index is -0.870. The molecule has 0 aliphatic carbocycles. The number of unbranched alkanes of at least 4 members (excludes halogenated alkanes) is 43. The van der Waals surface area contributed by atoms with Crippen LogP contribution in [-0.2, 0) is 4.79 Å². The molecule has 0 radical (unpaired) electrons. The van der Waals surface area contributed by atoms with Crippen LogP contribution in [0, 0.1) is 0 Å². The number of hydrogen-bond donors (Lipinski definition) is 3. The van der Waals surface area contributed by atoms with Gasteiger partial charge in [0.15, 0.2) is 0 Å². The number of aliphatic hydroxyl groups excluding tert-OH is 2. The number of carbonyl (C=O) groups excluding carboxylic acids is 1. The van der Waals surface area contributed by atoms with Gasteiger partial charge in [0.25, 0.3) is 0 Å². The van der Waals surface area contributed by atoms with Crippen LogP contribution in [0.25, 0.3) is 0 Å². The van der Waals surface area contributed by atoms with Crippen LogP contribution in [0.2, 0.25) is 0 Å². The lowest BCUT2D eigenvalue weighted by Crippen LogP contribution is -2.45. The van der Waals surface area contributed by atoms with Crippen LogP contribution in [-0.4, -0.2) is 34.9 Å². The number of allylic oxidation sites excluding steroid dienone is 7. The molecule has 0 aromatic carbocycles. The maximum Gasteiger partial charge on any atom is 0.220 e. The van der Waals surface area contributed by atoms with Gasteiger partial charge in [-0.15, -0.1) is 0 Å². The highest BCUT2D eigenvalue weighted by Gasteiger charge is 2.18. The molecule has 3 N–H and O–H groups in total. The molecule has 2 atom stereocenters. The summed E-state index contributed by atoms with van der Waals surface area (Å²) in [7, 11) is 0. The van der Waals surface area contributed by atoms with Crippen LogP contribution in [0.15, 0.2) is 48.6 Å². The van der Waals surface area contributed by atoms with Gasteiger partial charge in [0.2, 0.25) is 5.91 Å². The fourth-order valence-electron chi connectivity index (χ4n) is 9.39. The highest BCUT2D eigenvalue weighted by molar-refractivity contribution is 5.76. The van der Waals surface area contributed by atoms with Crippen LogP contribution in [0.4, 0.5) is 0 Å². The second kappa shape index (κ2) is 58.7. The number of nitrogens with one attached hydrogen (secondary N) is 1. The van der Waals surface area contributed by atoms with Crippen LogP contribution in [0.3, 0.4) is 0 Å². The number of rotatable bonds is 56. The molecule has 0 saturated heterocycles. The predicted molar refractivity (Wildman–Crippen MR) is 299 cm³/mol. The van der Waals surface area contributed by atoms with Gasteiger partial charge in [0.05, 0.1) is 18.8 Å². The molecule has 0 rings (SSSR count). The highest BCUT2D eigenvalue weighted by atomic mass is 16.3. The van der Waals surface area contributed by atoms with E-state index in [1.807, 2.05) is 6.08 Å². The minimum absolute atomic E-state index is 0.0726. The molecule has 394 valence electrons. The summed E-state index contributed by atoms with van der Waals surface area (Å²) in [6, 6.07) is -0.645. The molecule has 0 aliphatic heterocycles. The van der Waals surface area contributed by atoms with E-state index in [0.29, 0.717) is 6.42 Å². The molecule has 2 unspecified atom stereocenters. The molecular formula is C63H119NO3. The van der Waals surface area contributed by atoms with Crippen LogP contribution < -0.4 is 5.32 Å². The van der Waals surface area contributed by atoms with E-state index in [4.69, 9.17) is 0 Å². The zero-order valence-electron chi connectivity index (χ0n) is 45.4. The molecule has 0 aliphatic rings. The minimum Gasteiger partial charge on any atom is -0.394 e. The van der Waals surface area contributed by atoms with E-state index in [1.54, 1.807) is 6.08 Å². The van der Waals surface area contributed by atoms with Crippen molar-refractivity contribution >= 4 is 5.91 Å². The van der Waals surface area contributed by atoms with Crippen molar-refractivity contribution in [2.45, 2.75) is 341 Å². The summed E-state index contributed by atoms with van der Waals surface area (Å²) < 4.78 is 0. The summed E-state index contributed by atoms with van der Waals surface area (Å²) in [5, 5.41) is 23.1. The van der Waals surface area contributed by atoms with Gasteiger partial charge in [-0.25, -0.2) is 0 Å². The van der Waals surface area contributed by atoms with Crippen LogP contribution >= 0.6 is 0 Å². The van der Waals surface area contributed by atoms with E-state index in [0.717, 1.165) is 38.5 Å². The maximum atomic E-state index is 12.5. The van der Waals surface area contributed by atoms with Crippen LogP contribution in [0.1, 0.15) is 328 Å². The van der Waals surface area contributed by atoms with Crippen molar-refractivity contribution < 1.29 is 15.0 Å². The summed E-state index contributed by atoms with van der Waals surface area (Å²) in [5.41, 5.74) is 0. The molecule has 4 heteroatoms. The summed E-state index contributed by atoms with van der Waals surface area (Å²) in [6.45, 7) is 4.32. The predicted octanol–water partition coefficient (Wildman–Crippen LogP) is 20.2. The van der Waals surface area contributed by atoms with E-state index < -0.39 is 12.1 Å². The number of hydrogen-bond acceptors (Lipinski definition) is 3. The van der Waals surface area contributed by atoms with Crippen molar-refractivity contribution in [3.05, 3.63) is 48.6 Å². The lowest BCUT2D eigenvalue weighted by atomic mass is 10.0. The highest BCUT2D eigenvalue weighted by Crippen LogP contribution is 2.17. The van der Waals surface area contributed by atoms with Gasteiger partial charge in [-0.3, -0.25) is 4.79 Å². The van der Waals surface area contributed by atoms with Gasteiger partial charge in [-0.1, -0.05) is 300 Å². The number of carbonyl (C=O) groups is 1. The molecule has 1 amide bonds. The first-order valence-corrected chi connectivity index (χ1v) is 30.4. The van der Waals surface area contributed by atoms with Gasteiger partial charge >= 0.3 is 0 Å². The van der Waals surface area contributed by atoms with Gasteiger partial charge in [0, 0.05) is 6.42 Å². The summed E-state index contributed by atoms with van der Waals surface area (Å²) in [6.07, 6.45) is 81.6. The van der Waals surface area contributed by atoms with Crippen molar-refractivity contribution in [1.29, 1.82) is 0 Å². The average Bonchev–Trinajstić information content (AvgIpc) is 3.33. The van der Waals surface area contributed by atoms with Gasteiger partial charge < -0.3 is 15.5 Å². The molecule has 0 heterocycles. The Morgan fingerprint density at radius 1 is 0.343 bits per heavy atom. The molecule has 0 aromatic heterocycles. The second-order valence-electron chi connectivity index (χ2n) is 20.7. The fourth-order valence-corrected chi connectivity index (χ4v) is 9.39. The number of aliphatic hydroxyl groups is 2. The molecule has 0 bridgehead atoms. The SMILES string of the molecule is CCCCCCCCCC/C=C\CCCCCCCCCCCCCCCCCCCCCCCCCC(=O)NC(CO)C(O)/C=C/CC/C=C/CC/C=C/CCCCCCCCCCCC. The third kappa shape index (κ3) is 55.2. The monoisotopic (exact) mass is 938 g/mol. The largest absolute Gasteiger partial charge is 0.394 e. The third-order valence-electron chi connectivity index (χ3n) is 14.0. The fraction of sp³-hybridized carbons (Fsp3) is 0.857. The Balaban J connectivity index is 3.46. The lowest BCUT2D eigenvalue weighted by molar-refractivity contribution is -0.123. The average molecular weight is 939 g/mol. The van der Waals surface area contributed by atoms with E-state index in [-0.39, 0.29) is 12.5 Å². The van der Waals surface area contributed by atoms with Gasteiger partial charge in [-0.05, 0) is 70.6 Å². The standard InChI is InChI=1S/C63H119NO3/c1-3-5-7-9-11-13-15-17-19-21-23-25-26-27-28-29-30-31-32-33-34-35-36-37-38-39-41-43-45-47-49-51-53-55-57-59-63(67)64-61(60-65)62(66)58-56-54-52-50-48-46-44-42-40-24-22-20-18-16-14-12-10-8-6-4-2/h21,23,40,42,48,50,56,58,61-62,65-66H,3-20,22,24-39,41,43-47,49,51-55,57,59-60H2,1-2H3,(H,64,67)/b23-21-,42-40+,50-48+,58-56+. The zero-order chi connectivity index (χ0) is 48.5. The first-order valence-electron chi connectivity index (χ1n) is 30.4. The number of amides is 1. The summed E-state index contributed by atoms with van der Waals surface area (Å²) in [5.74, 6) is -0.0726. The molecule has 4 nitrogen and oxygen atoms in total. The molecule has 0 aromatic rings. The Hall–Kier alpha value is -1.65. The molecule has 0 fully saturated rings. The Morgan fingerprint density at radius 3 is 0.866 bits per heavy atom. The smallest absolute Gasteiger partial charge is 0.220 e. The van der Waals surface area contributed by atoms with E-state index in [9.17, 15) is 15.0 Å². The first kappa shape index (κ1) is 65.3. The molecule has 67 heavy (non-hydrogen) atoms. The van der Waals surface area contributed by atoms with Crippen molar-refractivity contribution in [1.82, 2.24) is 5.32 Å². The topological polar surface area (TPSA) is 69.6 Å². The van der Waals surface area contributed by atoms with Gasteiger partial charge in [-0.2, -0.15) is 0 Å². The molecular weight excluding hydrogens is 819 g/mol. The summed E-state index contributed by atoms with van der Waals surface area (Å²) >= 11 is 0. The van der Waals surface area contributed by atoms with E-state index in [2.05, 4.69) is 55.6 Å². The second-order valence-corrected chi connectivity index (χ2v) is 20.7. The Kier molecular flexibility index (Phi) is 57.2. The van der Waals surface area contributed by atoms with E-state index in [1.165, 1.54) is 270 Å².